The van der Waals surface area contributed by atoms with Gasteiger partial charge in [-0.15, -0.1) is 0 Å². The number of oxime groups is 1. The van der Waals surface area contributed by atoms with E-state index < -0.39 is 0 Å². The van der Waals surface area contributed by atoms with Crippen LogP contribution in [0.5, 0.6) is 0 Å². The number of hydrogen-bond acceptors (Lipinski definition) is 3. The molecule has 2 atom stereocenters. The van der Waals surface area contributed by atoms with Crippen molar-refractivity contribution in [2.75, 3.05) is 5.32 Å². The molecule has 2 fully saturated rings. The zero-order valence-corrected chi connectivity index (χ0v) is 18.8. The largest absolute Gasteiger partial charge is 0.409 e. The smallest absolute Gasteiger partial charge is 0.149 e. The summed E-state index contributed by atoms with van der Waals surface area (Å²) in [7, 11) is 0. The SMILES string of the molecule is CC(/C(=N/O)Nc1ccc(Cl)cc1)C1CC12CCC(c1ccnc3ccc(F)cc13)CC2. The number of halogens is 2. The molecular formula is C26H27ClFN3O. The predicted molar refractivity (Wildman–Crippen MR) is 127 cm³/mol. The van der Waals surface area contributed by atoms with Gasteiger partial charge in [-0.3, -0.25) is 4.98 Å². The van der Waals surface area contributed by atoms with Crippen molar-refractivity contribution in [2.24, 2.45) is 22.4 Å². The molecule has 0 aliphatic heterocycles. The minimum absolute atomic E-state index is 0.142. The standard InChI is InChI=1S/C26H27ClFN3O/c1-16(25(31-32)30-20-5-2-18(27)3-6-20)23-15-26(23)11-8-17(9-12-26)21-10-13-29-24-7-4-19(28)14-22(21)24/h2-7,10,13-14,16-17,23,32H,8-9,11-12,15H2,1H3,(H,30,31). The van der Waals surface area contributed by atoms with E-state index in [2.05, 4.69) is 28.4 Å². The van der Waals surface area contributed by atoms with Gasteiger partial charge in [0.25, 0.3) is 0 Å². The van der Waals surface area contributed by atoms with Gasteiger partial charge in [0.1, 0.15) is 11.7 Å². The first-order valence-corrected chi connectivity index (χ1v) is 11.7. The highest BCUT2D eigenvalue weighted by Crippen LogP contribution is 2.66. The fraction of sp³-hybridized carbons (Fsp3) is 0.385. The van der Waals surface area contributed by atoms with Gasteiger partial charge in [-0.05, 0) is 103 Å². The topological polar surface area (TPSA) is 57.5 Å². The summed E-state index contributed by atoms with van der Waals surface area (Å²) in [5.41, 5.74) is 3.27. The van der Waals surface area contributed by atoms with Gasteiger partial charge in [0, 0.05) is 28.2 Å². The van der Waals surface area contributed by atoms with Crippen LogP contribution in [0.25, 0.3) is 10.9 Å². The van der Waals surface area contributed by atoms with Crippen molar-refractivity contribution in [1.82, 2.24) is 4.98 Å². The molecular weight excluding hydrogens is 425 g/mol. The van der Waals surface area contributed by atoms with Crippen molar-refractivity contribution in [1.29, 1.82) is 0 Å². The van der Waals surface area contributed by atoms with Crippen LogP contribution in [-0.2, 0) is 0 Å². The summed E-state index contributed by atoms with van der Waals surface area (Å²) in [5.74, 6) is 1.47. The summed E-state index contributed by atoms with van der Waals surface area (Å²) in [5, 5.41) is 18.1. The molecule has 166 valence electrons. The van der Waals surface area contributed by atoms with Gasteiger partial charge in [-0.2, -0.15) is 0 Å². The maximum Gasteiger partial charge on any atom is 0.149 e. The van der Waals surface area contributed by atoms with Crippen LogP contribution in [0.1, 0.15) is 50.5 Å². The maximum atomic E-state index is 13.9. The van der Waals surface area contributed by atoms with Crippen molar-refractivity contribution in [2.45, 2.75) is 44.9 Å². The molecule has 32 heavy (non-hydrogen) atoms. The summed E-state index contributed by atoms with van der Waals surface area (Å²) >= 11 is 5.97. The van der Waals surface area contributed by atoms with Crippen LogP contribution in [0.3, 0.4) is 0 Å². The zero-order valence-electron chi connectivity index (χ0n) is 18.1. The van der Waals surface area contributed by atoms with Gasteiger partial charge in [-0.1, -0.05) is 23.7 Å². The molecule has 1 aromatic heterocycles. The number of rotatable bonds is 4. The number of benzene rings is 2. The predicted octanol–water partition coefficient (Wildman–Crippen LogP) is 7.23. The average Bonchev–Trinajstić information content (AvgIpc) is 3.51. The molecule has 6 heteroatoms. The first-order chi connectivity index (χ1) is 15.5. The van der Waals surface area contributed by atoms with Gasteiger partial charge in [0.2, 0.25) is 0 Å². The van der Waals surface area contributed by atoms with E-state index in [9.17, 15) is 9.60 Å². The third-order valence-corrected chi connectivity index (χ3v) is 7.92. The highest BCUT2D eigenvalue weighted by molar-refractivity contribution is 6.30. The molecule has 2 saturated carbocycles. The Morgan fingerprint density at radius 1 is 1.19 bits per heavy atom. The van der Waals surface area contributed by atoms with E-state index in [1.165, 1.54) is 11.6 Å². The summed E-state index contributed by atoms with van der Waals surface area (Å²) in [6.45, 7) is 2.14. The van der Waals surface area contributed by atoms with Crippen LogP contribution in [0, 0.1) is 23.1 Å². The van der Waals surface area contributed by atoms with E-state index in [1.54, 1.807) is 12.1 Å². The molecule has 2 N–H and O–H groups in total. The van der Waals surface area contributed by atoms with E-state index in [-0.39, 0.29) is 11.7 Å². The molecule has 0 amide bonds. The Morgan fingerprint density at radius 3 is 2.66 bits per heavy atom. The van der Waals surface area contributed by atoms with Gasteiger partial charge in [0.05, 0.1) is 5.52 Å². The molecule has 2 aromatic carbocycles. The third kappa shape index (κ3) is 3.95. The summed E-state index contributed by atoms with van der Waals surface area (Å²) in [6.07, 6.45) is 7.48. The summed E-state index contributed by atoms with van der Waals surface area (Å²) in [6, 6.07) is 14.3. The van der Waals surface area contributed by atoms with E-state index in [4.69, 9.17) is 11.6 Å². The monoisotopic (exact) mass is 451 g/mol. The summed E-state index contributed by atoms with van der Waals surface area (Å²) in [4.78, 5) is 4.40. The molecule has 0 radical (unpaired) electrons. The molecule has 0 saturated heterocycles. The molecule has 0 bridgehead atoms. The van der Waals surface area contributed by atoms with Crippen molar-refractivity contribution in [3.05, 3.63) is 71.1 Å². The Morgan fingerprint density at radius 2 is 1.94 bits per heavy atom. The second-order valence-corrected chi connectivity index (χ2v) is 9.85. The maximum absolute atomic E-state index is 13.9. The Balaban J connectivity index is 1.26. The van der Waals surface area contributed by atoms with Crippen molar-refractivity contribution < 1.29 is 9.60 Å². The highest BCUT2D eigenvalue weighted by atomic mass is 35.5. The number of fused-ring (bicyclic) bond motifs is 1. The number of amidine groups is 1. The molecule has 1 spiro atoms. The van der Waals surface area contributed by atoms with Crippen molar-refractivity contribution in [3.8, 4) is 0 Å². The highest BCUT2D eigenvalue weighted by Gasteiger charge is 2.57. The second kappa shape index (κ2) is 8.36. The Labute approximate surface area is 192 Å². The lowest BCUT2D eigenvalue weighted by molar-refractivity contribution is 0.267. The number of nitrogens with zero attached hydrogens (tertiary/aromatic N) is 2. The van der Waals surface area contributed by atoms with Gasteiger partial charge in [-0.25, -0.2) is 4.39 Å². The van der Waals surface area contributed by atoms with Gasteiger partial charge < -0.3 is 10.5 Å². The quantitative estimate of drug-likeness (QED) is 0.190. The lowest BCUT2D eigenvalue weighted by Gasteiger charge is -2.31. The molecule has 4 nitrogen and oxygen atoms in total. The minimum Gasteiger partial charge on any atom is -0.409 e. The van der Waals surface area contributed by atoms with Crippen LogP contribution in [-0.4, -0.2) is 16.0 Å². The van der Waals surface area contributed by atoms with Gasteiger partial charge in [0.15, 0.2) is 0 Å². The van der Waals surface area contributed by atoms with Crippen LogP contribution in [0.15, 0.2) is 59.9 Å². The second-order valence-electron chi connectivity index (χ2n) is 9.41. The number of hydrogen-bond donors (Lipinski definition) is 2. The fourth-order valence-corrected chi connectivity index (χ4v) is 5.89. The van der Waals surface area contributed by atoms with Crippen LogP contribution < -0.4 is 5.32 Å². The number of nitrogens with one attached hydrogen (secondary N) is 1. The lowest BCUT2D eigenvalue weighted by Crippen LogP contribution is -2.26. The van der Waals surface area contributed by atoms with Crippen molar-refractivity contribution >= 4 is 34.0 Å². The van der Waals surface area contributed by atoms with Gasteiger partial charge >= 0.3 is 0 Å². The number of aromatic nitrogens is 1. The third-order valence-electron chi connectivity index (χ3n) is 7.67. The number of pyridine rings is 1. The Bertz CT molecular complexity index is 1160. The van der Waals surface area contributed by atoms with Crippen LogP contribution in [0.2, 0.25) is 5.02 Å². The summed E-state index contributed by atoms with van der Waals surface area (Å²) < 4.78 is 13.9. The Hall–Kier alpha value is -2.66. The molecule has 2 aliphatic carbocycles. The zero-order chi connectivity index (χ0) is 22.3. The van der Waals surface area contributed by atoms with Crippen LogP contribution >= 0.6 is 11.6 Å². The van der Waals surface area contributed by atoms with Crippen LogP contribution in [0.4, 0.5) is 10.1 Å². The van der Waals surface area contributed by atoms with E-state index in [0.29, 0.717) is 28.1 Å². The Kier molecular flexibility index (Phi) is 5.54. The van der Waals surface area contributed by atoms with Crippen molar-refractivity contribution in [3.63, 3.8) is 0 Å². The molecule has 2 unspecified atom stereocenters. The fourth-order valence-electron chi connectivity index (χ4n) is 5.76. The molecule has 2 aliphatic rings. The van der Waals surface area contributed by atoms with E-state index >= 15 is 0 Å². The number of anilines is 1. The average molecular weight is 452 g/mol. The minimum atomic E-state index is -0.209. The molecule has 5 rings (SSSR count). The lowest BCUT2D eigenvalue weighted by atomic mass is 9.74. The normalized spacial score (nSPS) is 26.3. The van der Waals surface area contributed by atoms with E-state index in [0.717, 1.165) is 48.7 Å². The molecule has 1 heterocycles. The molecule has 3 aromatic rings. The first kappa shape index (κ1) is 21.2. The van der Waals surface area contributed by atoms with E-state index in [1.807, 2.05) is 30.5 Å². The first-order valence-electron chi connectivity index (χ1n) is 11.3.